The van der Waals surface area contributed by atoms with E-state index in [1.165, 1.54) is 19.3 Å². The van der Waals surface area contributed by atoms with Gasteiger partial charge in [-0.15, -0.1) is 24.0 Å². The quantitative estimate of drug-likeness (QED) is 0.211. The molecule has 1 saturated heterocycles. The Morgan fingerprint density at radius 2 is 2.07 bits per heavy atom. The summed E-state index contributed by atoms with van der Waals surface area (Å²) >= 11 is 6.28. The Morgan fingerprint density at radius 1 is 1.27 bits per heavy atom. The highest BCUT2D eigenvalue weighted by molar-refractivity contribution is 14.0. The molecule has 2 fully saturated rings. The van der Waals surface area contributed by atoms with E-state index in [1.54, 1.807) is 6.20 Å². The summed E-state index contributed by atoms with van der Waals surface area (Å²) in [6.45, 7) is 5.73. The maximum absolute atomic E-state index is 12.2. The van der Waals surface area contributed by atoms with Crippen LogP contribution in [0.4, 0.5) is 5.82 Å². The van der Waals surface area contributed by atoms with Crippen LogP contribution in [-0.4, -0.2) is 55.6 Å². The number of nitrogens with one attached hydrogen (secondary N) is 3. The number of nitrogens with zero attached hydrogens (tertiary/aromatic N) is 3. The minimum Gasteiger partial charge on any atom is -0.357 e. The van der Waals surface area contributed by atoms with Crippen molar-refractivity contribution in [3.8, 4) is 0 Å². The van der Waals surface area contributed by atoms with Gasteiger partial charge in [-0.25, -0.2) is 4.98 Å². The molecule has 0 bridgehead atoms. The molecular formula is C21H34ClIN6O. The van der Waals surface area contributed by atoms with Crippen LogP contribution < -0.4 is 20.9 Å². The predicted molar refractivity (Wildman–Crippen MR) is 134 cm³/mol. The van der Waals surface area contributed by atoms with Crippen molar-refractivity contribution >= 4 is 53.3 Å². The molecule has 2 aliphatic rings. The van der Waals surface area contributed by atoms with Crippen molar-refractivity contribution in [2.45, 2.75) is 51.5 Å². The fourth-order valence-electron chi connectivity index (χ4n) is 4.05. The lowest BCUT2D eigenvalue weighted by molar-refractivity contribution is -0.125. The second-order valence-electron chi connectivity index (χ2n) is 7.77. The number of carbonyl (C=O) groups is 1. The van der Waals surface area contributed by atoms with E-state index in [-0.39, 0.29) is 41.8 Å². The molecule has 1 atom stereocenters. The first-order valence-corrected chi connectivity index (χ1v) is 11.2. The van der Waals surface area contributed by atoms with Gasteiger partial charge in [-0.2, -0.15) is 0 Å². The van der Waals surface area contributed by atoms with Crippen molar-refractivity contribution in [1.82, 2.24) is 20.9 Å². The number of aromatic nitrogens is 1. The molecule has 0 aromatic carbocycles. The van der Waals surface area contributed by atoms with Crippen LogP contribution in [0.15, 0.2) is 23.3 Å². The molecule has 1 aromatic heterocycles. The average molecular weight is 549 g/mol. The maximum Gasteiger partial charge on any atom is 0.223 e. The summed E-state index contributed by atoms with van der Waals surface area (Å²) in [5.74, 6) is 2.02. The van der Waals surface area contributed by atoms with Crippen molar-refractivity contribution in [2.24, 2.45) is 10.9 Å². The van der Waals surface area contributed by atoms with E-state index in [0.717, 1.165) is 50.7 Å². The van der Waals surface area contributed by atoms with Crippen LogP contribution >= 0.6 is 35.6 Å². The fourth-order valence-corrected chi connectivity index (χ4v) is 4.29. The summed E-state index contributed by atoms with van der Waals surface area (Å²) in [6, 6.07) is 4.00. The largest absolute Gasteiger partial charge is 0.357 e. The average Bonchev–Trinajstić information content (AvgIpc) is 3.20. The molecule has 3 rings (SSSR count). The Labute approximate surface area is 201 Å². The molecule has 1 saturated carbocycles. The fraction of sp³-hybridized carbons (Fsp3) is 0.667. The Kier molecular flexibility index (Phi) is 11.0. The van der Waals surface area contributed by atoms with Gasteiger partial charge in [0, 0.05) is 44.3 Å². The van der Waals surface area contributed by atoms with Crippen LogP contribution in [0.25, 0.3) is 0 Å². The first-order chi connectivity index (χ1) is 14.2. The van der Waals surface area contributed by atoms with Crippen LogP contribution in [0, 0.1) is 5.92 Å². The normalized spacial score (nSPS) is 19.9. The second kappa shape index (κ2) is 13.2. The summed E-state index contributed by atoms with van der Waals surface area (Å²) in [6.07, 6.45) is 8.43. The van der Waals surface area contributed by atoms with Gasteiger partial charge < -0.3 is 20.9 Å². The summed E-state index contributed by atoms with van der Waals surface area (Å²) in [5, 5.41) is 10.5. The molecule has 2 heterocycles. The monoisotopic (exact) mass is 548 g/mol. The number of guanidine groups is 1. The van der Waals surface area contributed by atoms with Gasteiger partial charge in [0.05, 0.1) is 11.6 Å². The molecule has 9 heteroatoms. The summed E-state index contributed by atoms with van der Waals surface area (Å²) in [5.41, 5.74) is 0. The predicted octanol–water partition coefficient (Wildman–Crippen LogP) is 3.18. The van der Waals surface area contributed by atoms with Crippen LogP contribution in [0.1, 0.15) is 45.4 Å². The molecule has 1 aromatic rings. The van der Waals surface area contributed by atoms with Crippen molar-refractivity contribution in [3.05, 3.63) is 23.4 Å². The molecule has 1 aliphatic heterocycles. The van der Waals surface area contributed by atoms with E-state index in [4.69, 9.17) is 11.6 Å². The molecular weight excluding hydrogens is 515 g/mol. The minimum absolute atomic E-state index is 0. The highest BCUT2D eigenvalue weighted by Gasteiger charge is 2.25. The number of pyridine rings is 1. The van der Waals surface area contributed by atoms with E-state index in [0.29, 0.717) is 18.1 Å². The van der Waals surface area contributed by atoms with Crippen LogP contribution in [0.3, 0.4) is 0 Å². The number of aliphatic imine (C=N–C) groups is 1. The standard InChI is InChI=1S/C21H33ClN6O.HI/c1-2-23-21(26-13-12-25-20(29)16-7-4-3-5-8-16)27-17-10-14-28(15-17)19-18(22)9-6-11-24-19;/h6,9,11,16-17H,2-5,7-8,10,12-15H2,1H3,(H,25,29)(H2,23,26,27);1H. The smallest absolute Gasteiger partial charge is 0.223 e. The first kappa shape index (κ1) is 25.0. The second-order valence-corrected chi connectivity index (χ2v) is 8.18. The highest BCUT2D eigenvalue weighted by atomic mass is 127. The van der Waals surface area contributed by atoms with E-state index >= 15 is 0 Å². The zero-order valence-electron chi connectivity index (χ0n) is 17.7. The molecule has 168 valence electrons. The van der Waals surface area contributed by atoms with E-state index < -0.39 is 0 Å². The third-order valence-corrected chi connectivity index (χ3v) is 5.86. The zero-order valence-corrected chi connectivity index (χ0v) is 20.8. The Morgan fingerprint density at radius 3 is 2.80 bits per heavy atom. The summed E-state index contributed by atoms with van der Waals surface area (Å²) in [7, 11) is 0. The lowest BCUT2D eigenvalue weighted by Gasteiger charge is -2.21. The third-order valence-electron chi connectivity index (χ3n) is 5.57. The number of halogens is 2. The number of hydrogen-bond donors (Lipinski definition) is 3. The number of carbonyl (C=O) groups excluding carboxylic acids is 1. The number of amides is 1. The zero-order chi connectivity index (χ0) is 20.5. The van der Waals surface area contributed by atoms with E-state index in [9.17, 15) is 4.79 Å². The molecule has 0 radical (unpaired) electrons. The van der Waals surface area contributed by atoms with Gasteiger partial charge >= 0.3 is 0 Å². The van der Waals surface area contributed by atoms with E-state index in [1.807, 2.05) is 12.1 Å². The van der Waals surface area contributed by atoms with Crippen molar-refractivity contribution in [1.29, 1.82) is 0 Å². The molecule has 3 N–H and O–H groups in total. The van der Waals surface area contributed by atoms with Crippen molar-refractivity contribution < 1.29 is 4.79 Å². The van der Waals surface area contributed by atoms with E-state index in [2.05, 4.69) is 37.8 Å². The number of anilines is 1. The number of rotatable bonds is 7. The molecule has 1 amide bonds. The van der Waals surface area contributed by atoms with Gasteiger partial charge in [-0.1, -0.05) is 30.9 Å². The van der Waals surface area contributed by atoms with Gasteiger partial charge in [0.15, 0.2) is 5.96 Å². The molecule has 1 unspecified atom stereocenters. The molecule has 7 nitrogen and oxygen atoms in total. The maximum atomic E-state index is 12.2. The SMILES string of the molecule is CCNC(=NCCNC(=O)C1CCCCC1)NC1CCN(c2ncccc2Cl)C1.I. The van der Waals surface area contributed by atoms with Crippen LogP contribution in [0.2, 0.25) is 5.02 Å². The summed E-state index contributed by atoms with van der Waals surface area (Å²) in [4.78, 5) is 23.5. The van der Waals surface area contributed by atoms with Crippen LogP contribution in [-0.2, 0) is 4.79 Å². The third kappa shape index (κ3) is 7.44. The Balaban J connectivity index is 0.00000320. The van der Waals surface area contributed by atoms with Gasteiger partial charge in [-0.3, -0.25) is 9.79 Å². The topological polar surface area (TPSA) is 81.6 Å². The van der Waals surface area contributed by atoms with Crippen molar-refractivity contribution in [3.63, 3.8) is 0 Å². The summed E-state index contributed by atoms with van der Waals surface area (Å²) < 4.78 is 0. The number of hydrogen-bond acceptors (Lipinski definition) is 4. The van der Waals surface area contributed by atoms with Gasteiger partial charge in [-0.05, 0) is 38.3 Å². The van der Waals surface area contributed by atoms with Gasteiger partial charge in [0.1, 0.15) is 5.82 Å². The first-order valence-electron chi connectivity index (χ1n) is 10.9. The van der Waals surface area contributed by atoms with Crippen molar-refractivity contribution in [2.75, 3.05) is 37.6 Å². The molecule has 1 aliphatic carbocycles. The molecule has 30 heavy (non-hydrogen) atoms. The van der Waals surface area contributed by atoms with Crippen LogP contribution in [0.5, 0.6) is 0 Å². The Bertz CT molecular complexity index is 698. The van der Waals surface area contributed by atoms with Gasteiger partial charge in [0.25, 0.3) is 0 Å². The Hall–Kier alpha value is -1.29. The molecule has 0 spiro atoms. The minimum atomic E-state index is 0. The highest BCUT2D eigenvalue weighted by Crippen LogP contribution is 2.26. The lowest BCUT2D eigenvalue weighted by Crippen LogP contribution is -2.45. The van der Waals surface area contributed by atoms with Gasteiger partial charge in [0.2, 0.25) is 5.91 Å². The lowest BCUT2D eigenvalue weighted by atomic mass is 9.89.